The fourth-order valence-electron chi connectivity index (χ4n) is 2.26. The van der Waals surface area contributed by atoms with Crippen LogP contribution in [0.3, 0.4) is 0 Å². The maximum Gasteiger partial charge on any atom is 0.338 e. The van der Waals surface area contributed by atoms with Crippen molar-refractivity contribution in [2.75, 3.05) is 7.05 Å². The zero-order valence-electron chi connectivity index (χ0n) is 13.6. The van der Waals surface area contributed by atoms with Crippen molar-refractivity contribution in [2.24, 2.45) is 0 Å². The molecule has 2 rings (SSSR count). The van der Waals surface area contributed by atoms with Gasteiger partial charge in [0.1, 0.15) is 11.6 Å². The Bertz CT molecular complexity index is 885. The normalized spacial score (nSPS) is 11.9. The summed E-state index contributed by atoms with van der Waals surface area (Å²) < 4.78 is 45.2. The number of aromatic nitrogens is 1. The molecule has 0 spiro atoms. The minimum absolute atomic E-state index is 0.00231. The lowest BCUT2D eigenvalue weighted by Gasteiger charge is -2.18. The van der Waals surface area contributed by atoms with Crippen molar-refractivity contribution in [3.63, 3.8) is 0 Å². The van der Waals surface area contributed by atoms with Gasteiger partial charge in [0.2, 0.25) is 10.0 Å². The van der Waals surface area contributed by atoms with Gasteiger partial charge in [-0.05, 0) is 38.5 Å². The van der Waals surface area contributed by atoms with Gasteiger partial charge < -0.3 is 9.63 Å². The standard InChI is InChI=1S/C15H17FN2O5S/c1-8-5-11(6-12(14(8)16)15(19)20)24(21,22)18(4)7-13-9(2)17-23-10(13)3/h5-6H,7H2,1-4H3,(H,19,20). The number of aryl methyl sites for hydroxylation is 3. The summed E-state index contributed by atoms with van der Waals surface area (Å²) in [4.78, 5) is 10.8. The van der Waals surface area contributed by atoms with Crippen LogP contribution in [0, 0.1) is 26.6 Å². The number of carboxylic acids is 1. The van der Waals surface area contributed by atoms with Crippen LogP contribution < -0.4 is 0 Å². The zero-order chi connectivity index (χ0) is 18.2. The second kappa shape index (κ2) is 6.33. The summed E-state index contributed by atoms with van der Waals surface area (Å²) in [5, 5.41) is 12.8. The first-order valence-corrected chi connectivity index (χ1v) is 8.41. The number of sulfonamides is 1. The van der Waals surface area contributed by atoms with E-state index in [2.05, 4.69) is 5.16 Å². The van der Waals surface area contributed by atoms with E-state index in [1.165, 1.54) is 14.0 Å². The molecule has 1 aromatic carbocycles. The molecule has 1 N–H and O–H groups in total. The number of aromatic carboxylic acids is 1. The number of benzene rings is 1. The summed E-state index contributed by atoms with van der Waals surface area (Å²) >= 11 is 0. The summed E-state index contributed by atoms with van der Waals surface area (Å²) in [5.74, 6) is -1.98. The molecular formula is C15H17FN2O5S. The Morgan fingerprint density at radius 2 is 1.96 bits per heavy atom. The first-order valence-electron chi connectivity index (χ1n) is 6.97. The summed E-state index contributed by atoms with van der Waals surface area (Å²) in [6, 6.07) is 1.94. The number of carbonyl (C=O) groups is 1. The van der Waals surface area contributed by atoms with Gasteiger partial charge >= 0.3 is 5.97 Å². The molecule has 0 aliphatic rings. The predicted molar refractivity (Wildman–Crippen MR) is 82.7 cm³/mol. The smallest absolute Gasteiger partial charge is 0.338 e. The van der Waals surface area contributed by atoms with Gasteiger partial charge in [0, 0.05) is 19.2 Å². The fourth-order valence-corrected chi connectivity index (χ4v) is 3.51. The van der Waals surface area contributed by atoms with E-state index in [1.54, 1.807) is 13.8 Å². The van der Waals surface area contributed by atoms with E-state index in [0.717, 1.165) is 16.4 Å². The molecule has 0 radical (unpaired) electrons. The van der Waals surface area contributed by atoms with Crippen LogP contribution in [0.25, 0.3) is 0 Å². The van der Waals surface area contributed by atoms with Crippen LogP contribution >= 0.6 is 0 Å². The van der Waals surface area contributed by atoms with Crippen molar-refractivity contribution in [3.05, 3.63) is 46.1 Å². The molecule has 7 nitrogen and oxygen atoms in total. The van der Waals surface area contributed by atoms with E-state index in [1.807, 2.05) is 0 Å². The Morgan fingerprint density at radius 3 is 2.46 bits per heavy atom. The highest BCUT2D eigenvalue weighted by molar-refractivity contribution is 7.89. The number of nitrogens with zero attached hydrogens (tertiary/aromatic N) is 2. The maximum atomic E-state index is 13.8. The molecule has 0 saturated carbocycles. The van der Waals surface area contributed by atoms with Crippen LogP contribution in [0.1, 0.15) is 32.9 Å². The third kappa shape index (κ3) is 3.17. The molecule has 0 fully saturated rings. The molecule has 0 aliphatic carbocycles. The minimum Gasteiger partial charge on any atom is -0.478 e. The molecule has 1 heterocycles. The highest BCUT2D eigenvalue weighted by Gasteiger charge is 2.26. The Kier molecular flexibility index (Phi) is 4.77. The molecule has 0 aliphatic heterocycles. The molecule has 1 aromatic heterocycles. The summed E-state index contributed by atoms with van der Waals surface area (Å²) in [5.41, 5.74) is 0.452. The maximum absolute atomic E-state index is 13.8. The number of rotatable bonds is 5. The molecule has 0 unspecified atom stereocenters. The van der Waals surface area contributed by atoms with E-state index < -0.39 is 27.4 Å². The van der Waals surface area contributed by atoms with E-state index >= 15 is 0 Å². The third-order valence-electron chi connectivity index (χ3n) is 3.73. The van der Waals surface area contributed by atoms with Crippen LogP contribution in [-0.2, 0) is 16.6 Å². The molecular weight excluding hydrogens is 339 g/mol. The highest BCUT2D eigenvalue weighted by Crippen LogP contribution is 2.24. The lowest BCUT2D eigenvalue weighted by Crippen LogP contribution is -2.27. The number of carboxylic acid groups (broad SMARTS) is 1. The third-order valence-corrected chi connectivity index (χ3v) is 5.51. The molecule has 0 amide bonds. The average Bonchev–Trinajstić information content (AvgIpc) is 2.81. The first-order chi connectivity index (χ1) is 11.1. The average molecular weight is 356 g/mol. The van der Waals surface area contributed by atoms with E-state index in [9.17, 15) is 17.6 Å². The van der Waals surface area contributed by atoms with Gasteiger partial charge in [0.15, 0.2) is 0 Å². The largest absolute Gasteiger partial charge is 0.478 e. The van der Waals surface area contributed by atoms with Gasteiger partial charge in [0.05, 0.1) is 16.2 Å². The van der Waals surface area contributed by atoms with Crippen molar-refractivity contribution < 1.29 is 27.2 Å². The Morgan fingerprint density at radius 1 is 1.33 bits per heavy atom. The first kappa shape index (κ1) is 18.1. The highest BCUT2D eigenvalue weighted by atomic mass is 32.2. The predicted octanol–water partition coefficient (Wildman–Crippen LogP) is 2.26. The van der Waals surface area contributed by atoms with Crippen molar-refractivity contribution in [1.82, 2.24) is 9.46 Å². The lowest BCUT2D eigenvalue weighted by molar-refractivity contribution is 0.0691. The molecule has 9 heteroatoms. The summed E-state index contributed by atoms with van der Waals surface area (Å²) in [7, 11) is -2.66. The summed E-state index contributed by atoms with van der Waals surface area (Å²) in [6.07, 6.45) is 0. The van der Waals surface area contributed by atoms with Crippen LogP contribution in [-0.4, -0.2) is 36.0 Å². The Balaban J connectivity index is 2.45. The molecule has 0 atom stereocenters. The number of halogens is 1. The molecule has 0 saturated heterocycles. The second-order valence-corrected chi connectivity index (χ2v) is 7.52. The van der Waals surface area contributed by atoms with E-state index in [-0.39, 0.29) is 17.0 Å². The quantitative estimate of drug-likeness (QED) is 0.882. The fraction of sp³-hybridized carbons (Fsp3) is 0.333. The molecule has 24 heavy (non-hydrogen) atoms. The van der Waals surface area contributed by atoms with Crippen molar-refractivity contribution in [1.29, 1.82) is 0 Å². The lowest BCUT2D eigenvalue weighted by atomic mass is 10.1. The Labute approximate surface area is 138 Å². The van der Waals surface area contributed by atoms with Crippen LogP contribution in [0.5, 0.6) is 0 Å². The van der Waals surface area contributed by atoms with Crippen LogP contribution in [0.4, 0.5) is 4.39 Å². The monoisotopic (exact) mass is 356 g/mol. The summed E-state index contributed by atoms with van der Waals surface area (Å²) in [6.45, 7) is 4.68. The minimum atomic E-state index is -4.01. The Hall–Kier alpha value is -2.26. The molecule has 2 aromatic rings. The van der Waals surface area contributed by atoms with Crippen molar-refractivity contribution in [2.45, 2.75) is 32.2 Å². The molecule has 130 valence electrons. The number of hydrogen-bond acceptors (Lipinski definition) is 5. The van der Waals surface area contributed by atoms with Gasteiger partial charge in [-0.2, -0.15) is 4.31 Å². The molecule has 0 bridgehead atoms. The van der Waals surface area contributed by atoms with E-state index in [0.29, 0.717) is 17.0 Å². The van der Waals surface area contributed by atoms with Gasteiger partial charge in [-0.15, -0.1) is 0 Å². The zero-order valence-corrected chi connectivity index (χ0v) is 14.4. The second-order valence-electron chi connectivity index (χ2n) is 5.47. The van der Waals surface area contributed by atoms with Crippen molar-refractivity contribution >= 4 is 16.0 Å². The SMILES string of the molecule is Cc1cc(S(=O)(=O)N(C)Cc2c(C)noc2C)cc(C(=O)O)c1F. The number of hydrogen-bond donors (Lipinski definition) is 1. The van der Waals surface area contributed by atoms with Crippen LogP contribution in [0.2, 0.25) is 0 Å². The van der Waals surface area contributed by atoms with Crippen molar-refractivity contribution in [3.8, 4) is 0 Å². The van der Waals surface area contributed by atoms with E-state index in [4.69, 9.17) is 9.63 Å². The van der Waals surface area contributed by atoms with Crippen LogP contribution in [0.15, 0.2) is 21.6 Å². The van der Waals surface area contributed by atoms with Gasteiger partial charge in [-0.3, -0.25) is 0 Å². The van der Waals surface area contributed by atoms with Gasteiger partial charge in [-0.1, -0.05) is 5.16 Å². The topological polar surface area (TPSA) is 101 Å². The van der Waals surface area contributed by atoms with Gasteiger partial charge in [0.25, 0.3) is 0 Å². The van der Waals surface area contributed by atoms with Gasteiger partial charge in [-0.25, -0.2) is 17.6 Å².